The van der Waals surface area contributed by atoms with Crippen LogP contribution >= 0.6 is 0 Å². The van der Waals surface area contributed by atoms with Gasteiger partial charge in [-0.2, -0.15) is 18.3 Å². The summed E-state index contributed by atoms with van der Waals surface area (Å²) in [5.41, 5.74) is 0.961. The first-order chi connectivity index (χ1) is 14.8. The Morgan fingerprint density at radius 1 is 1.16 bits per heavy atom. The minimum atomic E-state index is -4.45. The Labute approximate surface area is 176 Å². The van der Waals surface area contributed by atoms with Gasteiger partial charge >= 0.3 is 6.18 Å². The number of pyridine rings is 1. The molecule has 1 amide bonds. The predicted molar refractivity (Wildman–Crippen MR) is 105 cm³/mol. The van der Waals surface area contributed by atoms with Gasteiger partial charge in [-0.15, -0.1) is 0 Å². The van der Waals surface area contributed by atoms with E-state index >= 15 is 0 Å². The van der Waals surface area contributed by atoms with E-state index in [9.17, 15) is 18.0 Å². The Morgan fingerprint density at radius 3 is 2.55 bits per heavy atom. The second kappa shape index (κ2) is 7.93. The molecule has 0 spiro atoms. The lowest BCUT2D eigenvalue weighted by molar-refractivity contribution is -0.137. The maximum absolute atomic E-state index is 12.8. The summed E-state index contributed by atoms with van der Waals surface area (Å²) >= 11 is 0. The molecule has 0 N–H and O–H groups in total. The largest absolute Gasteiger partial charge is 0.496 e. The van der Waals surface area contributed by atoms with E-state index in [1.165, 1.54) is 10.7 Å². The molecule has 31 heavy (non-hydrogen) atoms. The molecule has 0 atom stereocenters. The fourth-order valence-electron chi connectivity index (χ4n) is 3.28. The number of aromatic nitrogens is 3. The summed E-state index contributed by atoms with van der Waals surface area (Å²) in [6.45, 7) is 0.605. The van der Waals surface area contributed by atoms with Gasteiger partial charge in [0, 0.05) is 24.9 Å². The summed E-state index contributed by atoms with van der Waals surface area (Å²) in [6, 6.07) is 11.2. The minimum Gasteiger partial charge on any atom is -0.496 e. The van der Waals surface area contributed by atoms with Crippen LogP contribution in [0.25, 0.3) is 11.3 Å². The molecule has 1 aromatic carbocycles. The van der Waals surface area contributed by atoms with Crippen LogP contribution in [-0.2, 0) is 13.2 Å². The van der Waals surface area contributed by atoms with Crippen molar-refractivity contribution in [3.05, 3.63) is 59.9 Å². The van der Waals surface area contributed by atoms with E-state index in [2.05, 4.69) is 10.1 Å². The molecule has 0 unspecified atom stereocenters. The Hall–Kier alpha value is -3.56. The van der Waals surface area contributed by atoms with Gasteiger partial charge in [-0.1, -0.05) is 12.1 Å². The molecular weight excluding hydrogens is 413 g/mol. The van der Waals surface area contributed by atoms with Crippen LogP contribution in [0.15, 0.2) is 48.7 Å². The van der Waals surface area contributed by atoms with Crippen molar-refractivity contribution in [1.82, 2.24) is 19.7 Å². The third-order valence-electron chi connectivity index (χ3n) is 4.97. The molecule has 10 heteroatoms. The molecule has 1 aliphatic heterocycles. The number of rotatable bonds is 5. The molecule has 162 valence electrons. The molecule has 0 saturated carbocycles. The van der Waals surface area contributed by atoms with Gasteiger partial charge < -0.3 is 14.4 Å². The van der Waals surface area contributed by atoms with Gasteiger partial charge in [0.2, 0.25) is 5.88 Å². The fourth-order valence-corrected chi connectivity index (χ4v) is 3.28. The molecule has 0 bridgehead atoms. The third-order valence-corrected chi connectivity index (χ3v) is 4.97. The highest BCUT2D eigenvalue weighted by molar-refractivity contribution is 5.94. The second-order valence-electron chi connectivity index (χ2n) is 7.07. The van der Waals surface area contributed by atoms with E-state index < -0.39 is 11.7 Å². The van der Waals surface area contributed by atoms with Gasteiger partial charge in [0.1, 0.15) is 17.5 Å². The number of carbonyl (C=O) groups is 1. The number of hydrogen-bond acceptors (Lipinski definition) is 5. The molecule has 0 radical (unpaired) electrons. The monoisotopic (exact) mass is 432 g/mol. The first-order valence-electron chi connectivity index (χ1n) is 9.43. The first kappa shape index (κ1) is 20.7. The third kappa shape index (κ3) is 4.18. The number of alkyl halides is 3. The fraction of sp³-hybridized carbons (Fsp3) is 0.286. The summed E-state index contributed by atoms with van der Waals surface area (Å²) in [5.74, 6) is 0.529. The summed E-state index contributed by atoms with van der Waals surface area (Å²) in [4.78, 5) is 18.1. The van der Waals surface area contributed by atoms with E-state index in [4.69, 9.17) is 9.47 Å². The molecule has 4 rings (SSSR count). The second-order valence-corrected chi connectivity index (χ2v) is 7.07. The lowest BCUT2D eigenvalue weighted by atomic mass is 10.1. The Kier molecular flexibility index (Phi) is 5.30. The van der Waals surface area contributed by atoms with E-state index in [-0.39, 0.29) is 17.9 Å². The van der Waals surface area contributed by atoms with Gasteiger partial charge in [-0.05, 0) is 24.3 Å². The normalized spacial score (nSPS) is 14.3. The highest BCUT2D eigenvalue weighted by Gasteiger charge is 2.35. The molecule has 3 heterocycles. The average molecular weight is 432 g/mol. The SMILES string of the molecule is COc1ccccc1-c1cc(C(=O)N2CC(Oc3ccc(C(F)(F)F)cn3)C2)n(C)n1. The summed E-state index contributed by atoms with van der Waals surface area (Å²) < 4.78 is 50.2. The zero-order valence-corrected chi connectivity index (χ0v) is 16.8. The van der Waals surface area contributed by atoms with Crippen LogP contribution in [0.2, 0.25) is 0 Å². The van der Waals surface area contributed by atoms with Gasteiger partial charge in [0.25, 0.3) is 5.91 Å². The number of nitrogens with zero attached hydrogens (tertiary/aromatic N) is 4. The number of para-hydroxylation sites is 1. The van der Waals surface area contributed by atoms with E-state index in [1.807, 2.05) is 24.3 Å². The molecule has 7 nitrogen and oxygen atoms in total. The summed E-state index contributed by atoms with van der Waals surface area (Å²) in [7, 11) is 3.26. The highest BCUT2D eigenvalue weighted by Crippen LogP contribution is 2.31. The van der Waals surface area contributed by atoms with Crippen LogP contribution in [-0.4, -0.2) is 51.9 Å². The lowest BCUT2D eigenvalue weighted by Crippen LogP contribution is -2.56. The molecule has 1 aliphatic rings. The van der Waals surface area contributed by atoms with Crippen molar-refractivity contribution in [2.24, 2.45) is 7.05 Å². The van der Waals surface area contributed by atoms with Crippen LogP contribution in [0.4, 0.5) is 13.2 Å². The van der Waals surface area contributed by atoms with Crippen molar-refractivity contribution in [2.75, 3.05) is 20.2 Å². The number of likely N-dealkylation sites (tertiary alicyclic amines) is 1. The van der Waals surface area contributed by atoms with Gasteiger partial charge in [0.15, 0.2) is 0 Å². The van der Waals surface area contributed by atoms with Crippen LogP contribution in [0.1, 0.15) is 16.1 Å². The first-order valence-corrected chi connectivity index (χ1v) is 9.43. The van der Waals surface area contributed by atoms with Crippen molar-refractivity contribution < 1.29 is 27.4 Å². The lowest BCUT2D eigenvalue weighted by Gasteiger charge is -2.38. The number of aryl methyl sites for hydroxylation is 1. The number of hydrogen-bond donors (Lipinski definition) is 0. The number of halogens is 3. The Bertz CT molecular complexity index is 1090. The molecule has 3 aromatic rings. The highest BCUT2D eigenvalue weighted by atomic mass is 19.4. The quantitative estimate of drug-likeness (QED) is 0.618. The van der Waals surface area contributed by atoms with Gasteiger partial charge in [-0.25, -0.2) is 4.98 Å². The number of amides is 1. The predicted octanol–water partition coefficient (Wildman–Crippen LogP) is 3.41. The summed E-state index contributed by atoms with van der Waals surface area (Å²) in [6.07, 6.45) is -4.06. The molecule has 1 fully saturated rings. The molecule has 1 saturated heterocycles. The molecular formula is C21H19F3N4O3. The van der Waals surface area contributed by atoms with Crippen LogP contribution in [0, 0.1) is 0 Å². The van der Waals surface area contributed by atoms with E-state index in [0.717, 1.165) is 17.8 Å². The zero-order valence-electron chi connectivity index (χ0n) is 16.8. The van der Waals surface area contributed by atoms with Crippen molar-refractivity contribution in [3.8, 4) is 22.9 Å². The maximum atomic E-state index is 12.8. The van der Waals surface area contributed by atoms with Crippen LogP contribution < -0.4 is 9.47 Å². The number of ether oxygens (including phenoxy) is 2. The van der Waals surface area contributed by atoms with Gasteiger partial charge in [0.05, 0.1) is 31.5 Å². The number of benzene rings is 1. The van der Waals surface area contributed by atoms with Gasteiger partial charge in [-0.3, -0.25) is 9.48 Å². The van der Waals surface area contributed by atoms with E-state index in [0.29, 0.717) is 30.2 Å². The van der Waals surface area contributed by atoms with E-state index in [1.54, 1.807) is 25.1 Å². The van der Waals surface area contributed by atoms with Crippen molar-refractivity contribution in [1.29, 1.82) is 0 Å². The molecule has 2 aromatic heterocycles. The summed E-state index contributed by atoms with van der Waals surface area (Å²) in [5, 5.41) is 4.42. The van der Waals surface area contributed by atoms with Crippen LogP contribution in [0.3, 0.4) is 0 Å². The van der Waals surface area contributed by atoms with Crippen molar-refractivity contribution >= 4 is 5.91 Å². The number of carbonyl (C=O) groups excluding carboxylic acids is 1. The Morgan fingerprint density at radius 2 is 1.90 bits per heavy atom. The topological polar surface area (TPSA) is 69.5 Å². The van der Waals surface area contributed by atoms with Crippen LogP contribution in [0.5, 0.6) is 11.6 Å². The number of methoxy groups -OCH3 is 1. The van der Waals surface area contributed by atoms with Crippen molar-refractivity contribution in [2.45, 2.75) is 12.3 Å². The Balaban J connectivity index is 1.39. The minimum absolute atomic E-state index is 0.0871. The standard InChI is InChI=1S/C21H19F3N4O3/c1-27-17(9-16(26-27)15-5-3-4-6-18(15)30-2)20(29)28-11-14(12-28)31-19-8-7-13(10-25-19)21(22,23)24/h3-10,14H,11-12H2,1-2H3. The zero-order chi connectivity index (χ0) is 22.2. The molecule has 0 aliphatic carbocycles. The van der Waals surface area contributed by atoms with Crippen molar-refractivity contribution in [3.63, 3.8) is 0 Å². The average Bonchev–Trinajstić information content (AvgIpc) is 3.11. The maximum Gasteiger partial charge on any atom is 0.417 e. The smallest absolute Gasteiger partial charge is 0.417 e.